The number of rotatable bonds is 7. The highest BCUT2D eigenvalue weighted by Crippen LogP contribution is 2.61. The second kappa shape index (κ2) is 8.28. The van der Waals surface area contributed by atoms with Crippen LogP contribution in [-0.2, 0) is 0 Å². The monoisotopic (exact) mass is 373 g/mol. The number of benzene rings is 1. The van der Waals surface area contributed by atoms with Gasteiger partial charge in [0.2, 0.25) is 0 Å². The SMILES string of the molecule is CC1=C=P(N(C(C)C)C(C)C)(N(C(C)C)C(C)C)N=C1c1ccccc1. The molecule has 0 amide bonds. The fourth-order valence-corrected chi connectivity index (χ4v) is 8.61. The summed E-state index contributed by atoms with van der Waals surface area (Å²) in [4.78, 5) is 0. The van der Waals surface area contributed by atoms with Gasteiger partial charge in [-0.05, 0) is 62.3 Å². The van der Waals surface area contributed by atoms with Crippen molar-refractivity contribution in [2.24, 2.45) is 4.76 Å². The molecule has 26 heavy (non-hydrogen) atoms. The molecule has 0 spiro atoms. The molecule has 0 N–H and O–H groups in total. The Morgan fingerprint density at radius 3 is 1.58 bits per heavy atom. The van der Waals surface area contributed by atoms with Crippen molar-refractivity contribution in [2.75, 3.05) is 0 Å². The molecule has 0 fully saturated rings. The predicted octanol–water partition coefficient (Wildman–Crippen LogP) is 5.84. The molecule has 0 unspecified atom stereocenters. The van der Waals surface area contributed by atoms with Gasteiger partial charge in [0.15, 0.2) is 7.34 Å². The van der Waals surface area contributed by atoms with E-state index in [1.54, 1.807) is 0 Å². The van der Waals surface area contributed by atoms with Gasteiger partial charge in [-0.3, -0.25) is 0 Å². The minimum Gasteiger partial charge on any atom is -0.243 e. The molecule has 3 nitrogen and oxygen atoms in total. The quantitative estimate of drug-likeness (QED) is 0.559. The van der Waals surface area contributed by atoms with Crippen LogP contribution in [0.5, 0.6) is 0 Å². The van der Waals surface area contributed by atoms with E-state index in [1.807, 2.05) is 0 Å². The van der Waals surface area contributed by atoms with Gasteiger partial charge in [0.25, 0.3) is 0 Å². The number of nitrogens with zero attached hydrogens (tertiary/aromatic N) is 3. The predicted molar refractivity (Wildman–Crippen MR) is 118 cm³/mol. The average Bonchev–Trinajstić information content (AvgIpc) is 2.84. The topological polar surface area (TPSA) is 18.8 Å². The molecule has 1 aromatic carbocycles. The molecule has 0 radical (unpaired) electrons. The number of hydrogen-bond donors (Lipinski definition) is 0. The average molecular weight is 374 g/mol. The van der Waals surface area contributed by atoms with E-state index in [4.69, 9.17) is 4.76 Å². The minimum absolute atomic E-state index is 0.405. The molecule has 1 aromatic rings. The van der Waals surface area contributed by atoms with E-state index < -0.39 is 7.34 Å². The summed E-state index contributed by atoms with van der Waals surface area (Å²) < 4.78 is 10.7. The van der Waals surface area contributed by atoms with Crippen LogP contribution in [0.1, 0.15) is 67.9 Å². The summed E-state index contributed by atoms with van der Waals surface area (Å²) in [6, 6.07) is 12.2. The highest BCUT2D eigenvalue weighted by atomic mass is 31.2. The van der Waals surface area contributed by atoms with Gasteiger partial charge in [-0.1, -0.05) is 35.8 Å². The van der Waals surface area contributed by atoms with Gasteiger partial charge in [-0.25, -0.2) is 14.1 Å². The van der Waals surface area contributed by atoms with Crippen LogP contribution >= 0.6 is 7.34 Å². The first-order valence-electron chi connectivity index (χ1n) is 9.86. The van der Waals surface area contributed by atoms with Crippen molar-refractivity contribution in [3.05, 3.63) is 41.5 Å². The molecule has 0 saturated carbocycles. The van der Waals surface area contributed by atoms with Crippen LogP contribution in [0.2, 0.25) is 0 Å². The third-order valence-corrected chi connectivity index (χ3v) is 8.97. The molecule has 4 heteroatoms. The molecular weight excluding hydrogens is 337 g/mol. The zero-order chi connectivity index (χ0) is 19.6. The van der Waals surface area contributed by atoms with E-state index in [2.05, 4.69) is 107 Å². The molecule has 144 valence electrons. The number of allylic oxidation sites excluding steroid dienone is 1. The van der Waals surface area contributed by atoms with Crippen molar-refractivity contribution in [1.29, 1.82) is 0 Å². The van der Waals surface area contributed by atoms with Gasteiger partial charge in [0.05, 0.1) is 5.71 Å². The first-order chi connectivity index (χ1) is 12.1. The molecule has 1 aliphatic heterocycles. The minimum atomic E-state index is -2.10. The van der Waals surface area contributed by atoms with Crippen LogP contribution in [0.4, 0.5) is 0 Å². The Morgan fingerprint density at radius 1 is 0.769 bits per heavy atom. The second-order valence-electron chi connectivity index (χ2n) is 8.25. The molecular formula is C22H36N3P. The van der Waals surface area contributed by atoms with E-state index in [-0.39, 0.29) is 0 Å². The van der Waals surface area contributed by atoms with Crippen molar-refractivity contribution in [3.63, 3.8) is 0 Å². The molecule has 0 aliphatic carbocycles. The summed E-state index contributed by atoms with van der Waals surface area (Å²) >= 11 is 0. The Labute approximate surface area is 161 Å². The van der Waals surface area contributed by atoms with E-state index in [9.17, 15) is 0 Å². The highest BCUT2D eigenvalue weighted by Gasteiger charge is 2.41. The van der Waals surface area contributed by atoms with Crippen molar-refractivity contribution in [3.8, 4) is 0 Å². The fraction of sp³-hybridized carbons (Fsp3) is 0.591. The zero-order valence-electron chi connectivity index (χ0n) is 18.0. The summed E-state index contributed by atoms with van der Waals surface area (Å²) in [5.74, 6) is 0. The Balaban J connectivity index is 2.79. The fourth-order valence-electron chi connectivity index (χ4n) is 4.21. The van der Waals surface area contributed by atoms with Gasteiger partial charge in [0, 0.05) is 35.3 Å². The van der Waals surface area contributed by atoms with Crippen LogP contribution < -0.4 is 0 Å². The van der Waals surface area contributed by atoms with Crippen molar-refractivity contribution in [1.82, 2.24) is 9.34 Å². The third kappa shape index (κ3) is 3.92. The Bertz CT molecular complexity index is 698. The van der Waals surface area contributed by atoms with Gasteiger partial charge in [-0.15, -0.1) is 0 Å². The Hall–Kier alpha value is -1.11. The first-order valence-corrected chi connectivity index (χ1v) is 11.5. The van der Waals surface area contributed by atoms with Crippen LogP contribution in [0.3, 0.4) is 0 Å². The highest BCUT2D eigenvalue weighted by molar-refractivity contribution is 7.69. The molecule has 2 rings (SSSR count). The maximum atomic E-state index is 5.49. The lowest BCUT2D eigenvalue weighted by atomic mass is 10.1. The second-order valence-corrected chi connectivity index (χ2v) is 10.7. The molecule has 0 bridgehead atoms. The van der Waals surface area contributed by atoms with Crippen LogP contribution in [0.25, 0.3) is 0 Å². The van der Waals surface area contributed by atoms with Gasteiger partial charge < -0.3 is 0 Å². The van der Waals surface area contributed by atoms with E-state index in [1.165, 1.54) is 11.1 Å². The van der Waals surface area contributed by atoms with Crippen LogP contribution in [-0.4, -0.2) is 44.7 Å². The van der Waals surface area contributed by atoms with Crippen LogP contribution in [0, 0.1) is 0 Å². The molecule has 1 heterocycles. The van der Waals surface area contributed by atoms with Crippen molar-refractivity contribution in [2.45, 2.75) is 86.5 Å². The molecule has 1 aliphatic rings. The lowest BCUT2D eigenvalue weighted by Crippen LogP contribution is -2.44. The standard InChI is InChI=1S/C22H36N3P/c1-16(2)24(17(3)4)26(25(18(5)6)19(7)8)15-20(9)22(23-26)21-13-11-10-12-14-21/h10-14,16-19H,1-9H3. The van der Waals surface area contributed by atoms with Crippen molar-refractivity contribution < 1.29 is 0 Å². The Morgan fingerprint density at radius 2 is 1.19 bits per heavy atom. The van der Waals surface area contributed by atoms with E-state index >= 15 is 0 Å². The first kappa shape index (κ1) is 21.2. The van der Waals surface area contributed by atoms with Gasteiger partial charge in [0.1, 0.15) is 0 Å². The lowest BCUT2D eigenvalue weighted by molar-refractivity contribution is 0.254. The largest absolute Gasteiger partial charge is 0.243 e. The maximum Gasteiger partial charge on any atom is 0.169 e. The van der Waals surface area contributed by atoms with Crippen LogP contribution in [0.15, 0.2) is 40.7 Å². The maximum absolute atomic E-state index is 5.49. The number of hydrogen-bond acceptors (Lipinski definition) is 3. The summed E-state index contributed by atoms with van der Waals surface area (Å²) in [7, 11) is -2.10. The van der Waals surface area contributed by atoms with E-state index in [0.717, 1.165) is 5.71 Å². The summed E-state index contributed by atoms with van der Waals surface area (Å²) in [5, 5.41) is 0. The van der Waals surface area contributed by atoms with Crippen molar-refractivity contribution >= 4 is 18.5 Å². The van der Waals surface area contributed by atoms with Gasteiger partial charge in [-0.2, -0.15) is 0 Å². The van der Waals surface area contributed by atoms with E-state index in [0.29, 0.717) is 24.2 Å². The molecule has 0 atom stereocenters. The molecule has 0 aromatic heterocycles. The molecule has 0 saturated heterocycles. The summed E-state index contributed by atoms with van der Waals surface area (Å²) in [6.45, 7) is 20.5. The van der Waals surface area contributed by atoms with Gasteiger partial charge >= 0.3 is 0 Å². The lowest BCUT2D eigenvalue weighted by Gasteiger charge is -2.48. The summed E-state index contributed by atoms with van der Waals surface area (Å²) in [6.07, 6.45) is 0. The Kier molecular flexibility index (Phi) is 6.75. The summed E-state index contributed by atoms with van der Waals surface area (Å²) in [5.41, 5.74) is 7.40. The third-order valence-electron chi connectivity index (χ3n) is 4.72. The normalized spacial score (nSPS) is 16.9. The smallest absolute Gasteiger partial charge is 0.169 e. The zero-order valence-corrected chi connectivity index (χ0v) is 18.9.